The highest BCUT2D eigenvalue weighted by Crippen LogP contribution is 2.20. The predicted octanol–water partition coefficient (Wildman–Crippen LogP) is 3.58. The van der Waals surface area contributed by atoms with Gasteiger partial charge in [0.2, 0.25) is 0 Å². The molecule has 17 heavy (non-hydrogen) atoms. The first-order valence-corrected chi connectivity index (χ1v) is 6.17. The van der Waals surface area contributed by atoms with Crippen LogP contribution < -0.4 is 0 Å². The van der Waals surface area contributed by atoms with Gasteiger partial charge in [0, 0.05) is 18.3 Å². The number of aromatic nitrogens is 2. The summed E-state index contributed by atoms with van der Waals surface area (Å²) < 4.78 is 0. The topological polar surface area (TPSA) is 25.8 Å². The first kappa shape index (κ1) is 11.8. The van der Waals surface area contributed by atoms with E-state index in [1.807, 2.05) is 18.5 Å². The van der Waals surface area contributed by atoms with E-state index in [2.05, 4.69) is 48.1 Å². The fraction of sp³-hybridized carbons (Fsp3) is 0.333. The Morgan fingerprint density at radius 1 is 1.06 bits per heavy atom. The predicted molar refractivity (Wildman–Crippen MR) is 70.0 cm³/mol. The smallest absolute Gasteiger partial charge is 0.135 e. The van der Waals surface area contributed by atoms with Crippen LogP contribution in [-0.4, -0.2) is 9.97 Å². The number of rotatable bonds is 4. The lowest BCUT2D eigenvalue weighted by Crippen LogP contribution is -2.03. The molecule has 0 aliphatic heterocycles. The van der Waals surface area contributed by atoms with Crippen molar-refractivity contribution in [1.29, 1.82) is 0 Å². The van der Waals surface area contributed by atoms with Gasteiger partial charge in [-0.1, -0.05) is 50.6 Å². The molecular weight excluding hydrogens is 208 g/mol. The molecule has 0 saturated carbocycles. The third kappa shape index (κ3) is 2.90. The van der Waals surface area contributed by atoms with Crippen LogP contribution in [0, 0.1) is 0 Å². The van der Waals surface area contributed by atoms with Crippen molar-refractivity contribution >= 4 is 0 Å². The summed E-state index contributed by atoms with van der Waals surface area (Å²) in [6, 6.07) is 10.4. The maximum atomic E-state index is 4.46. The Balaban J connectivity index is 2.17. The molecule has 2 rings (SSSR count). The Morgan fingerprint density at radius 2 is 1.71 bits per heavy atom. The third-order valence-corrected chi connectivity index (χ3v) is 2.95. The van der Waals surface area contributed by atoms with Crippen molar-refractivity contribution in [3.05, 3.63) is 59.7 Å². The molecule has 88 valence electrons. The van der Waals surface area contributed by atoms with E-state index in [0.717, 1.165) is 18.7 Å². The summed E-state index contributed by atoms with van der Waals surface area (Å²) in [6.45, 7) is 4.31. The monoisotopic (exact) mass is 226 g/mol. The average molecular weight is 226 g/mol. The number of aryl methyl sites for hydroxylation is 1. The van der Waals surface area contributed by atoms with Crippen molar-refractivity contribution in [3.63, 3.8) is 0 Å². The van der Waals surface area contributed by atoms with Crippen LogP contribution in [0.2, 0.25) is 0 Å². The maximum absolute atomic E-state index is 4.46. The molecule has 2 aromatic rings. The third-order valence-electron chi connectivity index (χ3n) is 2.95. The molecule has 2 nitrogen and oxygen atoms in total. The van der Waals surface area contributed by atoms with Gasteiger partial charge in [-0.05, 0) is 17.5 Å². The Kier molecular flexibility index (Phi) is 3.86. The van der Waals surface area contributed by atoms with Crippen molar-refractivity contribution in [2.45, 2.75) is 32.6 Å². The van der Waals surface area contributed by atoms with Crippen LogP contribution in [0.5, 0.6) is 0 Å². The van der Waals surface area contributed by atoms with Crippen molar-refractivity contribution in [1.82, 2.24) is 9.97 Å². The van der Waals surface area contributed by atoms with E-state index >= 15 is 0 Å². The second-order valence-corrected chi connectivity index (χ2v) is 4.33. The first-order chi connectivity index (χ1) is 8.31. The van der Waals surface area contributed by atoms with Gasteiger partial charge in [0.25, 0.3) is 0 Å². The van der Waals surface area contributed by atoms with Crippen molar-refractivity contribution in [2.75, 3.05) is 0 Å². The molecule has 0 N–H and O–H groups in total. The highest BCUT2D eigenvalue weighted by molar-refractivity contribution is 5.24. The zero-order chi connectivity index (χ0) is 12.1. The highest BCUT2D eigenvalue weighted by atomic mass is 14.9. The molecule has 1 atom stereocenters. The number of benzene rings is 1. The van der Waals surface area contributed by atoms with Gasteiger partial charge in [0.1, 0.15) is 5.82 Å². The van der Waals surface area contributed by atoms with Crippen LogP contribution in [0.15, 0.2) is 42.7 Å². The number of hydrogen-bond acceptors (Lipinski definition) is 2. The zero-order valence-corrected chi connectivity index (χ0v) is 10.4. The fourth-order valence-corrected chi connectivity index (χ4v) is 1.90. The van der Waals surface area contributed by atoms with Crippen LogP contribution in [0.4, 0.5) is 0 Å². The summed E-state index contributed by atoms with van der Waals surface area (Å²) in [7, 11) is 0. The van der Waals surface area contributed by atoms with Gasteiger partial charge >= 0.3 is 0 Å². The standard InChI is InChI=1S/C15H18N2/c1-3-7-13-10-16-15(17-11-13)12(2)14-8-5-4-6-9-14/h4-6,8-12H,3,7H2,1-2H3. The Morgan fingerprint density at radius 3 is 2.29 bits per heavy atom. The average Bonchev–Trinajstić information content (AvgIpc) is 2.40. The molecule has 2 heteroatoms. The van der Waals surface area contributed by atoms with E-state index in [9.17, 15) is 0 Å². The van der Waals surface area contributed by atoms with Gasteiger partial charge < -0.3 is 0 Å². The lowest BCUT2D eigenvalue weighted by molar-refractivity contribution is 0.798. The van der Waals surface area contributed by atoms with Crippen molar-refractivity contribution < 1.29 is 0 Å². The van der Waals surface area contributed by atoms with Gasteiger partial charge in [0.05, 0.1) is 0 Å². The minimum Gasteiger partial charge on any atom is -0.240 e. The van der Waals surface area contributed by atoms with Crippen LogP contribution in [0.1, 0.15) is 43.1 Å². The molecular formula is C15H18N2. The van der Waals surface area contributed by atoms with E-state index in [-0.39, 0.29) is 5.92 Å². The molecule has 1 heterocycles. The molecule has 1 aromatic heterocycles. The van der Waals surface area contributed by atoms with Crippen LogP contribution >= 0.6 is 0 Å². The van der Waals surface area contributed by atoms with E-state index in [1.165, 1.54) is 11.1 Å². The summed E-state index contributed by atoms with van der Waals surface area (Å²) in [5.74, 6) is 1.16. The lowest BCUT2D eigenvalue weighted by Gasteiger charge is -2.10. The quantitative estimate of drug-likeness (QED) is 0.796. The molecule has 0 fully saturated rings. The minimum absolute atomic E-state index is 0.256. The van der Waals surface area contributed by atoms with E-state index in [4.69, 9.17) is 0 Å². The highest BCUT2D eigenvalue weighted by Gasteiger charge is 2.10. The lowest BCUT2D eigenvalue weighted by atomic mass is 10.0. The summed E-state index contributed by atoms with van der Waals surface area (Å²) >= 11 is 0. The number of nitrogens with zero attached hydrogens (tertiary/aromatic N) is 2. The Bertz CT molecular complexity index is 448. The molecule has 1 unspecified atom stereocenters. The second-order valence-electron chi connectivity index (χ2n) is 4.33. The normalized spacial score (nSPS) is 12.4. The van der Waals surface area contributed by atoms with Crippen molar-refractivity contribution in [2.24, 2.45) is 0 Å². The van der Waals surface area contributed by atoms with E-state index in [1.54, 1.807) is 0 Å². The largest absolute Gasteiger partial charge is 0.240 e. The molecule has 0 bridgehead atoms. The summed E-state index contributed by atoms with van der Waals surface area (Å²) in [5, 5.41) is 0. The molecule has 0 aliphatic rings. The fourth-order valence-electron chi connectivity index (χ4n) is 1.90. The van der Waals surface area contributed by atoms with E-state index < -0.39 is 0 Å². The number of hydrogen-bond donors (Lipinski definition) is 0. The van der Waals surface area contributed by atoms with Gasteiger partial charge in [-0.3, -0.25) is 0 Å². The van der Waals surface area contributed by atoms with Gasteiger partial charge in [-0.2, -0.15) is 0 Å². The second kappa shape index (κ2) is 5.58. The van der Waals surface area contributed by atoms with Crippen LogP contribution in [0.3, 0.4) is 0 Å². The van der Waals surface area contributed by atoms with Crippen LogP contribution in [-0.2, 0) is 6.42 Å². The summed E-state index contributed by atoms with van der Waals surface area (Å²) in [6.07, 6.45) is 6.09. The van der Waals surface area contributed by atoms with Gasteiger partial charge in [0.15, 0.2) is 0 Å². The molecule has 0 amide bonds. The maximum Gasteiger partial charge on any atom is 0.135 e. The summed E-state index contributed by atoms with van der Waals surface area (Å²) in [5.41, 5.74) is 2.48. The van der Waals surface area contributed by atoms with Crippen molar-refractivity contribution in [3.8, 4) is 0 Å². The first-order valence-electron chi connectivity index (χ1n) is 6.17. The van der Waals surface area contributed by atoms with Gasteiger partial charge in [-0.15, -0.1) is 0 Å². The van der Waals surface area contributed by atoms with Crippen LogP contribution in [0.25, 0.3) is 0 Å². The minimum atomic E-state index is 0.256. The Hall–Kier alpha value is -1.70. The van der Waals surface area contributed by atoms with E-state index in [0.29, 0.717) is 0 Å². The zero-order valence-electron chi connectivity index (χ0n) is 10.4. The molecule has 0 spiro atoms. The molecule has 0 radical (unpaired) electrons. The SMILES string of the molecule is CCCc1cnc(C(C)c2ccccc2)nc1. The molecule has 0 saturated heterocycles. The Labute approximate surface area is 103 Å². The molecule has 0 aliphatic carbocycles. The molecule has 1 aromatic carbocycles. The van der Waals surface area contributed by atoms with Gasteiger partial charge in [-0.25, -0.2) is 9.97 Å². The summed E-state index contributed by atoms with van der Waals surface area (Å²) in [4.78, 5) is 8.92.